The second-order valence-corrected chi connectivity index (χ2v) is 10.8. The lowest BCUT2D eigenvalue weighted by Gasteiger charge is -2.17. The van der Waals surface area contributed by atoms with Gasteiger partial charge in [0.25, 0.3) is 11.5 Å². The predicted octanol–water partition coefficient (Wildman–Crippen LogP) is 5.38. The fourth-order valence-corrected chi connectivity index (χ4v) is 5.06. The van der Waals surface area contributed by atoms with E-state index in [1.54, 1.807) is 63.7 Å². The number of rotatable bonds is 9. The smallest absolute Gasteiger partial charge is 0.277 e. The van der Waals surface area contributed by atoms with E-state index >= 15 is 0 Å². The molecule has 11 heteroatoms. The number of halogens is 2. The van der Waals surface area contributed by atoms with E-state index in [4.69, 9.17) is 0 Å². The van der Waals surface area contributed by atoms with Crippen molar-refractivity contribution in [2.45, 2.75) is 26.8 Å². The van der Waals surface area contributed by atoms with Crippen molar-refractivity contribution < 1.29 is 18.4 Å². The number of fused-ring (bicyclic) bond motifs is 1. The van der Waals surface area contributed by atoms with Crippen LogP contribution in [-0.4, -0.2) is 56.6 Å². The first-order valence-corrected chi connectivity index (χ1v) is 14.1. The number of amides is 2. The molecule has 1 N–H and O–H groups in total. The summed E-state index contributed by atoms with van der Waals surface area (Å²) in [7, 11) is 3.29. The lowest BCUT2D eigenvalue weighted by atomic mass is 10.1. The van der Waals surface area contributed by atoms with E-state index in [2.05, 4.69) is 15.3 Å². The van der Waals surface area contributed by atoms with Gasteiger partial charge < -0.3 is 14.8 Å². The number of anilines is 1. The molecule has 0 radical (unpaired) electrons. The van der Waals surface area contributed by atoms with Crippen molar-refractivity contribution in [2.24, 2.45) is 5.92 Å². The van der Waals surface area contributed by atoms with Crippen molar-refractivity contribution in [2.75, 3.05) is 26.1 Å². The van der Waals surface area contributed by atoms with Gasteiger partial charge in [-0.2, -0.15) is 0 Å². The van der Waals surface area contributed by atoms with Crippen molar-refractivity contribution in [1.82, 2.24) is 24.0 Å². The highest BCUT2D eigenvalue weighted by Crippen LogP contribution is 2.26. The first kappa shape index (κ1) is 30.3. The van der Waals surface area contributed by atoms with Crippen LogP contribution < -0.4 is 10.9 Å². The first-order chi connectivity index (χ1) is 21.1. The van der Waals surface area contributed by atoms with Crippen molar-refractivity contribution >= 4 is 28.4 Å². The molecule has 5 rings (SSSR count). The Kier molecular flexibility index (Phi) is 8.66. The molecular formula is C33H32F2N6O3. The summed E-state index contributed by atoms with van der Waals surface area (Å²) in [6.45, 7) is 2.75. The predicted molar refractivity (Wildman–Crippen MR) is 165 cm³/mol. The number of benzene rings is 2. The maximum atomic E-state index is 13.9. The molecule has 0 aliphatic heterocycles. The fourth-order valence-electron chi connectivity index (χ4n) is 5.06. The summed E-state index contributed by atoms with van der Waals surface area (Å²) in [5.74, 6) is -1.79. The van der Waals surface area contributed by atoms with Gasteiger partial charge in [-0.3, -0.25) is 28.3 Å². The van der Waals surface area contributed by atoms with Gasteiger partial charge in [-0.25, -0.2) is 9.37 Å². The maximum Gasteiger partial charge on any atom is 0.277 e. The van der Waals surface area contributed by atoms with Crippen LogP contribution in [0, 0.1) is 18.7 Å². The standard InChI is InChI=1S/C33H32F2N6O3/c1-5-22(14-34)31(42)38-28-17-37-30(23-7-6-8-24(12-23)32(43)39(3)4)41(33(28)44)19-21-11-26(16-36-15-21)40-18-20(2)27-13-25(35)9-10-29(27)40/h6-13,15-18,22H,5,14,19H2,1-4H3,(H,38,42)/t22-/m0/s1. The number of nitrogens with one attached hydrogen (secondary N) is 1. The second-order valence-electron chi connectivity index (χ2n) is 10.8. The zero-order valence-corrected chi connectivity index (χ0v) is 24.8. The highest BCUT2D eigenvalue weighted by atomic mass is 19.1. The summed E-state index contributed by atoms with van der Waals surface area (Å²) in [6.07, 6.45) is 6.70. The van der Waals surface area contributed by atoms with Gasteiger partial charge in [-0.05, 0) is 60.9 Å². The molecule has 0 bridgehead atoms. The minimum absolute atomic E-state index is 0.0186. The number of aryl methyl sites for hydroxylation is 1. The Hall–Kier alpha value is -5.19. The van der Waals surface area contributed by atoms with Crippen LogP contribution in [0.15, 0.2) is 78.1 Å². The molecule has 0 fully saturated rings. The van der Waals surface area contributed by atoms with Crippen LogP contribution in [-0.2, 0) is 11.3 Å². The van der Waals surface area contributed by atoms with E-state index in [9.17, 15) is 23.2 Å². The normalized spacial score (nSPS) is 11.9. The summed E-state index contributed by atoms with van der Waals surface area (Å²) in [5.41, 5.74) is 3.32. The van der Waals surface area contributed by atoms with Gasteiger partial charge >= 0.3 is 0 Å². The Morgan fingerprint density at radius 1 is 1.07 bits per heavy atom. The maximum absolute atomic E-state index is 13.9. The summed E-state index contributed by atoms with van der Waals surface area (Å²) in [6, 6.07) is 13.2. The molecule has 3 heterocycles. The molecule has 0 unspecified atom stereocenters. The molecule has 0 saturated carbocycles. The molecule has 3 aromatic heterocycles. The largest absolute Gasteiger partial charge is 0.345 e. The number of carbonyl (C=O) groups excluding carboxylic acids is 2. The number of alkyl halides is 1. The Balaban J connectivity index is 1.60. The molecule has 2 aromatic carbocycles. The molecule has 5 aromatic rings. The number of hydrogen-bond acceptors (Lipinski definition) is 5. The zero-order valence-electron chi connectivity index (χ0n) is 24.8. The number of nitrogens with zero attached hydrogens (tertiary/aromatic N) is 5. The van der Waals surface area contributed by atoms with Crippen LogP contribution in [0.3, 0.4) is 0 Å². The van der Waals surface area contributed by atoms with E-state index in [-0.39, 0.29) is 36.2 Å². The van der Waals surface area contributed by atoms with E-state index in [0.29, 0.717) is 22.4 Å². The highest BCUT2D eigenvalue weighted by molar-refractivity contribution is 5.95. The SMILES string of the molecule is CC[C@@H](CF)C(=O)Nc1cnc(-c2cccc(C(=O)N(C)C)c2)n(Cc2cncc(-n3cc(C)c4cc(F)ccc43)c2)c1=O. The van der Waals surface area contributed by atoms with Gasteiger partial charge in [0.05, 0.1) is 36.1 Å². The average Bonchev–Trinajstić information content (AvgIpc) is 3.34. The summed E-state index contributed by atoms with van der Waals surface area (Å²) < 4.78 is 30.6. The molecule has 0 spiro atoms. The van der Waals surface area contributed by atoms with Crippen LogP contribution in [0.4, 0.5) is 14.5 Å². The van der Waals surface area contributed by atoms with Gasteiger partial charge in [-0.1, -0.05) is 19.1 Å². The topological polar surface area (TPSA) is 102 Å². The number of pyridine rings is 1. The Morgan fingerprint density at radius 2 is 1.86 bits per heavy atom. The quantitative estimate of drug-likeness (QED) is 0.246. The lowest BCUT2D eigenvalue weighted by Crippen LogP contribution is -2.31. The minimum atomic E-state index is -0.898. The van der Waals surface area contributed by atoms with Crippen LogP contribution >= 0.6 is 0 Å². The third kappa shape index (κ3) is 5.98. The minimum Gasteiger partial charge on any atom is -0.345 e. The first-order valence-electron chi connectivity index (χ1n) is 14.1. The summed E-state index contributed by atoms with van der Waals surface area (Å²) in [4.78, 5) is 49.6. The molecule has 0 saturated heterocycles. The fraction of sp³-hybridized carbons (Fsp3) is 0.242. The van der Waals surface area contributed by atoms with Gasteiger partial charge in [0.15, 0.2) is 0 Å². The number of carbonyl (C=O) groups is 2. The van der Waals surface area contributed by atoms with Gasteiger partial charge in [-0.15, -0.1) is 0 Å². The number of aromatic nitrogens is 4. The summed E-state index contributed by atoms with van der Waals surface area (Å²) in [5, 5.41) is 3.31. The third-order valence-electron chi connectivity index (χ3n) is 7.49. The van der Waals surface area contributed by atoms with E-state index < -0.39 is 24.1 Å². The van der Waals surface area contributed by atoms with Crippen LogP contribution in [0.1, 0.15) is 34.8 Å². The van der Waals surface area contributed by atoms with Crippen LogP contribution in [0.25, 0.3) is 28.0 Å². The van der Waals surface area contributed by atoms with Crippen LogP contribution in [0.5, 0.6) is 0 Å². The Bertz CT molecular complexity index is 1930. The summed E-state index contributed by atoms with van der Waals surface area (Å²) >= 11 is 0. The lowest BCUT2D eigenvalue weighted by molar-refractivity contribution is -0.120. The van der Waals surface area contributed by atoms with Gasteiger partial charge in [0.2, 0.25) is 5.91 Å². The Morgan fingerprint density at radius 3 is 2.59 bits per heavy atom. The molecule has 44 heavy (non-hydrogen) atoms. The molecule has 0 aliphatic rings. The van der Waals surface area contributed by atoms with Crippen molar-refractivity contribution in [1.29, 1.82) is 0 Å². The van der Waals surface area contributed by atoms with Crippen molar-refractivity contribution in [3.05, 3.63) is 106 Å². The highest BCUT2D eigenvalue weighted by Gasteiger charge is 2.21. The monoisotopic (exact) mass is 598 g/mol. The molecule has 2 amide bonds. The average molecular weight is 599 g/mol. The van der Waals surface area contributed by atoms with E-state index in [1.807, 2.05) is 23.8 Å². The van der Waals surface area contributed by atoms with Gasteiger partial charge in [0, 0.05) is 43.0 Å². The Labute approximate surface area is 252 Å². The van der Waals surface area contributed by atoms with Crippen molar-refractivity contribution in [3.63, 3.8) is 0 Å². The molecule has 1 atom stereocenters. The molecule has 9 nitrogen and oxygen atoms in total. The van der Waals surface area contributed by atoms with Gasteiger partial charge in [0.1, 0.15) is 24.0 Å². The van der Waals surface area contributed by atoms with Crippen LogP contribution in [0.2, 0.25) is 0 Å². The third-order valence-corrected chi connectivity index (χ3v) is 7.49. The van der Waals surface area contributed by atoms with E-state index in [0.717, 1.165) is 16.5 Å². The number of hydrogen-bond donors (Lipinski definition) is 1. The molecular weight excluding hydrogens is 566 g/mol. The zero-order chi connectivity index (χ0) is 31.5. The molecule has 0 aliphatic carbocycles. The molecule has 226 valence electrons. The van der Waals surface area contributed by atoms with Crippen molar-refractivity contribution in [3.8, 4) is 17.1 Å². The second kappa shape index (κ2) is 12.6. The van der Waals surface area contributed by atoms with E-state index in [1.165, 1.54) is 27.8 Å².